The molecule has 1 aromatic heterocycles. The molecule has 0 radical (unpaired) electrons. The fourth-order valence-electron chi connectivity index (χ4n) is 4.63. The molecule has 1 fully saturated rings. The summed E-state index contributed by atoms with van der Waals surface area (Å²) in [5, 5.41) is 10.8. The van der Waals surface area contributed by atoms with Crippen molar-refractivity contribution in [2.75, 3.05) is 26.2 Å². The van der Waals surface area contributed by atoms with Crippen molar-refractivity contribution < 1.29 is 18.0 Å². The van der Waals surface area contributed by atoms with Gasteiger partial charge in [0, 0.05) is 18.5 Å². The lowest BCUT2D eigenvalue weighted by atomic mass is 9.72. The summed E-state index contributed by atoms with van der Waals surface area (Å²) < 4.78 is 40.0. The second kappa shape index (κ2) is 10.7. The number of benzene rings is 2. The number of hydrogen-bond donors (Lipinski definition) is 1. The van der Waals surface area contributed by atoms with Crippen molar-refractivity contribution in [3.05, 3.63) is 94.3 Å². The van der Waals surface area contributed by atoms with Gasteiger partial charge in [0.25, 0.3) is 5.91 Å². The number of piperidine rings is 1. The van der Waals surface area contributed by atoms with E-state index in [1.54, 1.807) is 12.1 Å². The Bertz CT molecular complexity index is 1130. The highest BCUT2D eigenvalue weighted by atomic mass is 35.5. The van der Waals surface area contributed by atoms with Crippen LogP contribution in [-0.2, 0) is 18.0 Å². The highest BCUT2D eigenvalue weighted by Crippen LogP contribution is 2.36. The molecule has 0 bridgehead atoms. The Labute approximate surface area is 207 Å². The van der Waals surface area contributed by atoms with Crippen molar-refractivity contribution in [2.45, 2.75) is 30.9 Å². The number of nitrogens with one attached hydrogen (secondary N) is 1. The van der Waals surface area contributed by atoms with E-state index in [9.17, 15) is 18.0 Å². The SMILES string of the molecule is O=C(NCC1(c2ccccc2)CCN(CCc2ccccc2C(F)(F)F)CC1)c1ccc(Cl)nn1. The minimum atomic E-state index is -4.35. The zero-order valence-corrected chi connectivity index (χ0v) is 19.8. The van der Waals surface area contributed by atoms with Gasteiger partial charge in [0.1, 0.15) is 0 Å². The first-order valence-corrected chi connectivity index (χ1v) is 11.9. The molecule has 0 unspecified atom stereocenters. The fourth-order valence-corrected chi connectivity index (χ4v) is 4.74. The molecule has 35 heavy (non-hydrogen) atoms. The van der Waals surface area contributed by atoms with Crippen LogP contribution in [0.25, 0.3) is 0 Å². The van der Waals surface area contributed by atoms with Gasteiger partial charge in [-0.15, -0.1) is 10.2 Å². The Balaban J connectivity index is 1.42. The van der Waals surface area contributed by atoms with Crippen LogP contribution in [0.3, 0.4) is 0 Å². The zero-order chi connectivity index (χ0) is 24.9. The third-order valence-electron chi connectivity index (χ3n) is 6.67. The molecule has 4 rings (SSSR count). The van der Waals surface area contributed by atoms with E-state index in [0.29, 0.717) is 25.1 Å². The summed E-state index contributed by atoms with van der Waals surface area (Å²) in [7, 11) is 0. The van der Waals surface area contributed by atoms with Gasteiger partial charge >= 0.3 is 6.18 Å². The fraction of sp³-hybridized carbons (Fsp3) is 0.346. The average Bonchev–Trinajstić information content (AvgIpc) is 2.87. The van der Waals surface area contributed by atoms with Gasteiger partial charge in [-0.3, -0.25) is 4.79 Å². The van der Waals surface area contributed by atoms with Crippen molar-refractivity contribution in [1.29, 1.82) is 0 Å². The van der Waals surface area contributed by atoms with Gasteiger partial charge in [0.15, 0.2) is 10.8 Å². The van der Waals surface area contributed by atoms with E-state index < -0.39 is 11.7 Å². The summed E-state index contributed by atoms with van der Waals surface area (Å²) in [6, 6.07) is 18.8. The van der Waals surface area contributed by atoms with E-state index in [4.69, 9.17) is 11.6 Å². The molecular weight excluding hydrogens is 477 g/mol. The average molecular weight is 503 g/mol. The Morgan fingerprint density at radius 2 is 1.66 bits per heavy atom. The van der Waals surface area contributed by atoms with Crippen molar-refractivity contribution in [3.63, 3.8) is 0 Å². The first kappa shape index (κ1) is 25.1. The minimum Gasteiger partial charge on any atom is -0.350 e. The van der Waals surface area contributed by atoms with Crippen molar-refractivity contribution >= 4 is 17.5 Å². The molecule has 1 N–H and O–H groups in total. The lowest BCUT2D eigenvalue weighted by Gasteiger charge is -2.42. The van der Waals surface area contributed by atoms with Gasteiger partial charge < -0.3 is 10.2 Å². The number of nitrogens with zero attached hydrogens (tertiary/aromatic N) is 3. The molecule has 2 aromatic carbocycles. The molecular formula is C26H26ClF3N4O. The number of likely N-dealkylation sites (tertiary alicyclic amines) is 1. The summed E-state index contributed by atoms with van der Waals surface area (Å²) in [5.41, 5.74) is 0.791. The first-order chi connectivity index (χ1) is 16.8. The minimum absolute atomic E-state index is 0.193. The molecule has 0 spiro atoms. The van der Waals surface area contributed by atoms with Crippen molar-refractivity contribution in [1.82, 2.24) is 20.4 Å². The Kier molecular flexibility index (Phi) is 7.72. The van der Waals surface area contributed by atoms with Gasteiger partial charge in [0.2, 0.25) is 0 Å². The number of carbonyl (C=O) groups excluding carboxylic acids is 1. The number of amides is 1. The number of aromatic nitrogens is 2. The molecule has 1 saturated heterocycles. The number of alkyl halides is 3. The number of carbonyl (C=O) groups is 1. The van der Waals surface area contributed by atoms with E-state index in [1.165, 1.54) is 18.2 Å². The number of halogens is 4. The Morgan fingerprint density at radius 1 is 0.971 bits per heavy atom. The van der Waals surface area contributed by atoms with E-state index in [-0.39, 0.29) is 22.2 Å². The number of rotatable bonds is 7. The maximum atomic E-state index is 13.3. The van der Waals surface area contributed by atoms with E-state index >= 15 is 0 Å². The van der Waals surface area contributed by atoms with Gasteiger partial charge in [-0.25, -0.2) is 0 Å². The van der Waals surface area contributed by atoms with Crippen molar-refractivity contribution in [2.24, 2.45) is 0 Å². The summed E-state index contributed by atoms with van der Waals surface area (Å²) in [6.45, 7) is 2.41. The van der Waals surface area contributed by atoms with Crippen LogP contribution in [0.4, 0.5) is 13.2 Å². The molecule has 5 nitrogen and oxygen atoms in total. The maximum absolute atomic E-state index is 13.3. The first-order valence-electron chi connectivity index (χ1n) is 11.5. The Hall–Kier alpha value is -2.97. The smallest absolute Gasteiger partial charge is 0.350 e. The third-order valence-corrected chi connectivity index (χ3v) is 6.87. The van der Waals surface area contributed by atoms with Crippen LogP contribution in [-0.4, -0.2) is 47.2 Å². The van der Waals surface area contributed by atoms with E-state index in [1.807, 2.05) is 18.2 Å². The standard InChI is InChI=1S/C26H26ClF3N4O/c27-23-11-10-22(32-33-23)24(35)31-18-25(20-7-2-1-3-8-20)13-16-34(17-14-25)15-12-19-6-4-5-9-21(19)26(28,29)30/h1-11H,12-18H2,(H,31,35). The second-order valence-electron chi connectivity index (χ2n) is 8.82. The van der Waals surface area contributed by atoms with Crippen LogP contribution in [0.2, 0.25) is 5.15 Å². The topological polar surface area (TPSA) is 58.1 Å². The molecule has 0 atom stereocenters. The second-order valence-corrected chi connectivity index (χ2v) is 9.20. The summed E-state index contributed by atoms with van der Waals surface area (Å²) in [6.07, 6.45) is -2.48. The monoisotopic (exact) mass is 502 g/mol. The quantitative estimate of drug-likeness (QED) is 0.485. The molecule has 2 heterocycles. The van der Waals surface area contributed by atoms with Gasteiger partial charge in [-0.2, -0.15) is 13.2 Å². The summed E-state index contributed by atoms with van der Waals surface area (Å²) in [4.78, 5) is 14.8. The number of hydrogen-bond acceptors (Lipinski definition) is 4. The highest BCUT2D eigenvalue weighted by molar-refractivity contribution is 6.29. The third kappa shape index (κ3) is 6.18. The predicted octanol–water partition coefficient (Wildman–Crippen LogP) is 5.16. The lowest BCUT2D eigenvalue weighted by Crippen LogP contribution is -2.49. The molecule has 3 aromatic rings. The zero-order valence-electron chi connectivity index (χ0n) is 19.1. The van der Waals surface area contributed by atoms with Crippen LogP contribution < -0.4 is 5.32 Å². The predicted molar refractivity (Wildman–Crippen MR) is 128 cm³/mol. The Morgan fingerprint density at radius 3 is 2.31 bits per heavy atom. The van der Waals surface area contributed by atoms with Crippen LogP contribution >= 0.6 is 11.6 Å². The summed E-state index contributed by atoms with van der Waals surface area (Å²) >= 11 is 5.76. The van der Waals surface area contributed by atoms with Crippen LogP contribution in [0.5, 0.6) is 0 Å². The van der Waals surface area contributed by atoms with E-state index in [2.05, 4.69) is 32.5 Å². The van der Waals surface area contributed by atoms with Gasteiger partial charge in [-0.1, -0.05) is 60.1 Å². The molecule has 1 aliphatic rings. The van der Waals surface area contributed by atoms with Crippen LogP contribution in [0, 0.1) is 0 Å². The van der Waals surface area contributed by atoms with Crippen LogP contribution in [0.15, 0.2) is 66.7 Å². The largest absolute Gasteiger partial charge is 0.416 e. The lowest BCUT2D eigenvalue weighted by molar-refractivity contribution is -0.138. The van der Waals surface area contributed by atoms with Gasteiger partial charge in [0.05, 0.1) is 5.56 Å². The molecule has 0 saturated carbocycles. The maximum Gasteiger partial charge on any atom is 0.416 e. The normalized spacial score (nSPS) is 16.1. The van der Waals surface area contributed by atoms with Crippen LogP contribution in [0.1, 0.15) is 40.0 Å². The van der Waals surface area contributed by atoms with Crippen molar-refractivity contribution in [3.8, 4) is 0 Å². The summed E-state index contributed by atoms with van der Waals surface area (Å²) in [5.74, 6) is -0.323. The molecule has 184 valence electrons. The molecule has 9 heteroatoms. The highest BCUT2D eigenvalue weighted by Gasteiger charge is 2.37. The molecule has 0 aliphatic carbocycles. The molecule has 1 amide bonds. The van der Waals surface area contributed by atoms with Gasteiger partial charge in [-0.05, 0) is 61.7 Å². The van der Waals surface area contributed by atoms with E-state index in [0.717, 1.165) is 37.6 Å². The molecule has 1 aliphatic heterocycles.